The first-order chi connectivity index (χ1) is 10.5. The normalized spacial score (nSPS) is 10.5. The maximum Gasteiger partial charge on any atom is 0.239 e. The molecule has 116 valence electrons. The molecule has 0 heterocycles. The van der Waals surface area contributed by atoms with Gasteiger partial charge in [-0.15, -0.1) is 0 Å². The molecule has 0 aliphatic carbocycles. The van der Waals surface area contributed by atoms with Crippen LogP contribution in [-0.4, -0.2) is 12.5 Å². The number of aryl methyl sites for hydroxylation is 1. The Balaban J connectivity index is 1.76. The molecule has 22 heavy (non-hydrogen) atoms. The summed E-state index contributed by atoms with van der Waals surface area (Å²) in [6.45, 7) is 7.23. The van der Waals surface area contributed by atoms with Crippen molar-refractivity contribution in [1.29, 1.82) is 0 Å². The fourth-order valence-corrected chi connectivity index (χ4v) is 2.14. The molecule has 0 aromatic heterocycles. The van der Waals surface area contributed by atoms with E-state index in [2.05, 4.69) is 55.7 Å². The van der Waals surface area contributed by atoms with Gasteiger partial charge >= 0.3 is 0 Å². The van der Waals surface area contributed by atoms with Gasteiger partial charge in [0.1, 0.15) is 0 Å². The summed E-state index contributed by atoms with van der Waals surface area (Å²) in [5.74, 6) is 0.514. The van der Waals surface area contributed by atoms with E-state index >= 15 is 0 Å². The minimum atomic E-state index is -0.00601. The lowest BCUT2D eigenvalue weighted by atomic mass is 10.0. The van der Waals surface area contributed by atoms with Crippen molar-refractivity contribution in [2.24, 2.45) is 0 Å². The fraction of sp³-hybridized carbons (Fsp3) is 0.316. The van der Waals surface area contributed by atoms with Crippen LogP contribution in [0.15, 0.2) is 48.5 Å². The van der Waals surface area contributed by atoms with Gasteiger partial charge in [0.25, 0.3) is 0 Å². The molecule has 2 aromatic rings. The van der Waals surface area contributed by atoms with Crippen molar-refractivity contribution in [2.75, 3.05) is 11.9 Å². The largest absolute Gasteiger partial charge is 0.376 e. The zero-order valence-corrected chi connectivity index (χ0v) is 13.5. The maximum atomic E-state index is 11.9. The summed E-state index contributed by atoms with van der Waals surface area (Å²) >= 11 is 0. The highest BCUT2D eigenvalue weighted by Gasteiger charge is 2.02. The average Bonchev–Trinajstić information content (AvgIpc) is 2.52. The molecule has 0 unspecified atom stereocenters. The average molecular weight is 296 g/mol. The van der Waals surface area contributed by atoms with Crippen LogP contribution < -0.4 is 10.6 Å². The Bertz CT molecular complexity index is 600. The number of amides is 1. The van der Waals surface area contributed by atoms with Crippen LogP contribution in [0, 0.1) is 6.92 Å². The molecule has 2 N–H and O–H groups in total. The van der Waals surface area contributed by atoms with Crippen LogP contribution in [0.2, 0.25) is 0 Å². The SMILES string of the molecule is Cc1ccc(CNC(=O)CNc2ccc(C(C)C)cc2)cc1. The van der Waals surface area contributed by atoms with Crippen molar-refractivity contribution >= 4 is 11.6 Å². The van der Waals surface area contributed by atoms with Crippen LogP contribution in [-0.2, 0) is 11.3 Å². The summed E-state index contributed by atoms with van der Waals surface area (Å²) in [5.41, 5.74) is 4.60. The van der Waals surface area contributed by atoms with Gasteiger partial charge in [0.2, 0.25) is 5.91 Å². The van der Waals surface area contributed by atoms with Crippen molar-refractivity contribution < 1.29 is 4.79 Å². The molecule has 0 spiro atoms. The third kappa shape index (κ3) is 4.92. The van der Waals surface area contributed by atoms with E-state index in [1.165, 1.54) is 11.1 Å². The van der Waals surface area contributed by atoms with Gasteiger partial charge in [0.05, 0.1) is 6.54 Å². The summed E-state index contributed by atoms with van der Waals surface area (Å²) in [4.78, 5) is 11.9. The van der Waals surface area contributed by atoms with E-state index < -0.39 is 0 Å². The van der Waals surface area contributed by atoms with E-state index in [0.29, 0.717) is 12.5 Å². The third-order valence-electron chi connectivity index (χ3n) is 3.64. The van der Waals surface area contributed by atoms with Crippen LogP contribution >= 0.6 is 0 Å². The van der Waals surface area contributed by atoms with Gasteiger partial charge < -0.3 is 10.6 Å². The minimum Gasteiger partial charge on any atom is -0.376 e. The topological polar surface area (TPSA) is 41.1 Å². The predicted octanol–water partition coefficient (Wildman–Crippen LogP) is 3.85. The molecule has 0 aliphatic heterocycles. The Morgan fingerprint density at radius 3 is 2.23 bits per heavy atom. The van der Waals surface area contributed by atoms with E-state index in [1.54, 1.807) is 0 Å². The summed E-state index contributed by atoms with van der Waals surface area (Å²) in [5, 5.41) is 6.06. The molecule has 0 atom stereocenters. The molecule has 3 heteroatoms. The molecule has 2 aromatic carbocycles. The molecule has 0 bridgehead atoms. The minimum absolute atomic E-state index is 0.00601. The number of anilines is 1. The first-order valence-electron chi connectivity index (χ1n) is 7.70. The number of benzene rings is 2. The van der Waals surface area contributed by atoms with Gasteiger partial charge in [-0.3, -0.25) is 4.79 Å². The zero-order chi connectivity index (χ0) is 15.9. The van der Waals surface area contributed by atoms with E-state index in [0.717, 1.165) is 11.3 Å². The highest BCUT2D eigenvalue weighted by Crippen LogP contribution is 2.16. The van der Waals surface area contributed by atoms with Gasteiger partial charge in [-0.1, -0.05) is 55.8 Å². The Kier molecular flexibility index (Phi) is 5.59. The van der Waals surface area contributed by atoms with E-state index in [4.69, 9.17) is 0 Å². The second-order valence-electron chi connectivity index (χ2n) is 5.89. The second-order valence-corrected chi connectivity index (χ2v) is 5.89. The van der Waals surface area contributed by atoms with Crippen molar-refractivity contribution in [3.05, 3.63) is 65.2 Å². The van der Waals surface area contributed by atoms with Crippen LogP contribution in [0.4, 0.5) is 5.69 Å². The lowest BCUT2D eigenvalue weighted by molar-refractivity contribution is -0.119. The van der Waals surface area contributed by atoms with Gasteiger partial charge in [0, 0.05) is 12.2 Å². The van der Waals surface area contributed by atoms with Gasteiger partial charge in [-0.2, -0.15) is 0 Å². The Morgan fingerprint density at radius 1 is 1.00 bits per heavy atom. The first kappa shape index (κ1) is 16.1. The number of carbonyl (C=O) groups excluding carboxylic acids is 1. The molecule has 0 aliphatic rings. The molecule has 0 fully saturated rings. The van der Waals surface area contributed by atoms with Crippen molar-refractivity contribution in [3.63, 3.8) is 0 Å². The van der Waals surface area contributed by atoms with Gasteiger partial charge in [0.15, 0.2) is 0 Å². The Morgan fingerprint density at radius 2 is 1.64 bits per heavy atom. The maximum absolute atomic E-state index is 11.9. The van der Waals surface area contributed by atoms with Crippen LogP contribution in [0.25, 0.3) is 0 Å². The standard InChI is InChI=1S/C19H24N2O/c1-14(2)17-8-10-18(11-9-17)20-13-19(22)21-12-16-6-4-15(3)5-7-16/h4-11,14,20H,12-13H2,1-3H3,(H,21,22). The third-order valence-corrected chi connectivity index (χ3v) is 3.64. The Hall–Kier alpha value is -2.29. The second kappa shape index (κ2) is 7.64. The molecular weight excluding hydrogens is 272 g/mol. The first-order valence-corrected chi connectivity index (χ1v) is 7.70. The monoisotopic (exact) mass is 296 g/mol. The lowest BCUT2D eigenvalue weighted by Gasteiger charge is -2.10. The smallest absolute Gasteiger partial charge is 0.239 e. The van der Waals surface area contributed by atoms with Gasteiger partial charge in [-0.25, -0.2) is 0 Å². The van der Waals surface area contributed by atoms with Crippen LogP contribution in [0.1, 0.15) is 36.5 Å². The zero-order valence-electron chi connectivity index (χ0n) is 13.5. The van der Waals surface area contributed by atoms with Crippen molar-refractivity contribution in [1.82, 2.24) is 5.32 Å². The van der Waals surface area contributed by atoms with Crippen molar-refractivity contribution in [2.45, 2.75) is 33.2 Å². The molecular formula is C19H24N2O. The molecule has 3 nitrogen and oxygen atoms in total. The number of carbonyl (C=O) groups is 1. The quantitative estimate of drug-likeness (QED) is 0.850. The number of nitrogens with one attached hydrogen (secondary N) is 2. The van der Waals surface area contributed by atoms with Crippen LogP contribution in [0.3, 0.4) is 0 Å². The summed E-state index contributed by atoms with van der Waals surface area (Å²) in [6.07, 6.45) is 0. The van der Waals surface area contributed by atoms with E-state index in [-0.39, 0.29) is 12.5 Å². The molecule has 2 rings (SSSR count). The number of hydrogen-bond donors (Lipinski definition) is 2. The van der Waals surface area contributed by atoms with Crippen LogP contribution in [0.5, 0.6) is 0 Å². The lowest BCUT2D eigenvalue weighted by Crippen LogP contribution is -2.29. The summed E-state index contributed by atoms with van der Waals surface area (Å²) in [7, 11) is 0. The van der Waals surface area contributed by atoms with E-state index in [9.17, 15) is 4.79 Å². The molecule has 0 radical (unpaired) electrons. The Labute approximate surface area is 132 Å². The highest BCUT2D eigenvalue weighted by molar-refractivity contribution is 5.80. The predicted molar refractivity (Wildman–Crippen MR) is 92.0 cm³/mol. The molecule has 0 saturated carbocycles. The van der Waals surface area contributed by atoms with Crippen molar-refractivity contribution in [3.8, 4) is 0 Å². The summed E-state index contributed by atoms with van der Waals surface area (Å²) in [6, 6.07) is 16.4. The number of hydrogen-bond acceptors (Lipinski definition) is 2. The fourth-order valence-electron chi connectivity index (χ4n) is 2.14. The van der Waals surface area contributed by atoms with Gasteiger partial charge in [-0.05, 0) is 36.1 Å². The summed E-state index contributed by atoms with van der Waals surface area (Å²) < 4.78 is 0. The van der Waals surface area contributed by atoms with E-state index in [1.807, 2.05) is 24.3 Å². The molecule has 0 saturated heterocycles. The number of rotatable bonds is 6. The highest BCUT2D eigenvalue weighted by atomic mass is 16.1. The molecule has 1 amide bonds.